The standard InChI is InChI=1S/C72H87N5O2S2/c1-48(2)40-49(3)76(46-80-61-42-63(69(4,5)6)67(78)64(43-61)70(7,8)9)58-34-28-56(29-35-58)75-57-23-19-20-51(41-57)50-24-26-53(27-25-50)74-55-32-38-60(39-33-55)77(59-36-30-54(31-37-59)73-52-21-17-16-18-22-52)47-81-62-44-65(71(10,11)12)68(79)66(45-62)72(13,14)15/h16-39,41-45,48-49,73-75,78-79H,40,46-47H2,1-15H3. The van der Waals surface area contributed by atoms with E-state index in [9.17, 15) is 10.2 Å². The van der Waals surface area contributed by atoms with Crippen molar-refractivity contribution in [3.8, 4) is 22.6 Å². The number of nitrogens with one attached hydrogen (secondary N) is 3. The molecule has 0 aromatic heterocycles. The van der Waals surface area contributed by atoms with E-state index in [0.29, 0.717) is 29.3 Å². The summed E-state index contributed by atoms with van der Waals surface area (Å²) in [5, 5.41) is 33.7. The van der Waals surface area contributed by atoms with Gasteiger partial charge in [-0.25, -0.2) is 0 Å². The molecule has 0 spiro atoms. The molecule has 8 aromatic carbocycles. The lowest BCUT2D eigenvalue weighted by Gasteiger charge is -2.33. The molecule has 7 nitrogen and oxygen atoms in total. The molecule has 1 unspecified atom stereocenters. The summed E-state index contributed by atoms with van der Waals surface area (Å²) in [5.41, 5.74) is 14.9. The van der Waals surface area contributed by atoms with Crippen molar-refractivity contribution in [1.82, 2.24) is 0 Å². The predicted octanol–water partition coefficient (Wildman–Crippen LogP) is 21.1. The lowest BCUT2D eigenvalue weighted by molar-refractivity contribution is 0.421. The van der Waals surface area contributed by atoms with Crippen LogP contribution in [0.5, 0.6) is 11.5 Å². The molecule has 8 rings (SSSR count). The highest BCUT2D eigenvalue weighted by Gasteiger charge is 2.29. The third-order valence-electron chi connectivity index (χ3n) is 14.8. The Morgan fingerprint density at radius 1 is 0.383 bits per heavy atom. The molecule has 0 fully saturated rings. The number of hydrogen-bond acceptors (Lipinski definition) is 9. The molecule has 8 aromatic rings. The molecule has 0 heterocycles. The third-order valence-corrected chi connectivity index (χ3v) is 16.7. The van der Waals surface area contributed by atoms with Crippen LogP contribution in [0.4, 0.5) is 51.2 Å². The summed E-state index contributed by atoms with van der Waals surface area (Å²) < 4.78 is 0. The van der Waals surface area contributed by atoms with Gasteiger partial charge in [-0.2, -0.15) is 0 Å². The van der Waals surface area contributed by atoms with Gasteiger partial charge in [0.2, 0.25) is 0 Å². The fourth-order valence-corrected chi connectivity index (χ4v) is 12.3. The number of hydrogen-bond donors (Lipinski definition) is 5. The van der Waals surface area contributed by atoms with Gasteiger partial charge in [0.25, 0.3) is 0 Å². The van der Waals surface area contributed by atoms with Crippen LogP contribution < -0.4 is 25.8 Å². The maximum atomic E-state index is 11.5. The summed E-state index contributed by atoms with van der Waals surface area (Å²) in [4.78, 5) is 7.18. The lowest BCUT2D eigenvalue weighted by atomic mass is 9.79. The van der Waals surface area contributed by atoms with Gasteiger partial charge in [0.05, 0.1) is 11.8 Å². The van der Waals surface area contributed by atoms with Crippen molar-refractivity contribution in [2.75, 3.05) is 37.5 Å². The first-order chi connectivity index (χ1) is 38.2. The fraction of sp³-hybridized carbons (Fsp3) is 0.333. The van der Waals surface area contributed by atoms with Crippen molar-refractivity contribution in [2.45, 2.75) is 148 Å². The second-order valence-electron chi connectivity index (χ2n) is 26.2. The number of phenols is 2. The number of para-hydroxylation sites is 1. The lowest BCUT2D eigenvalue weighted by Crippen LogP contribution is -2.33. The Labute approximate surface area is 494 Å². The number of thioether (sulfide) groups is 2. The van der Waals surface area contributed by atoms with Gasteiger partial charge in [-0.3, -0.25) is 0 Å². The zero-order valence-corrected chi connectivity index (χ0v) is 52.3. The highest BCUT2D eigenvalue weighted by molar-refractivity contribution is 7.99. The van der Waals surface area contributed by atoms with E-state index < -0.39 is 0 Å². The molecule has 0 bridgehead atoms. The molecule has 0 aliphatic heterocycles. The number of benzene rings is 8. The zero-order valence-electron chi connectivity index (χ0n) is 50.6. The van der Waals surface area contributed by atoms with Crippen LogP contribution in [0.3, 0.4) is 0 Å². The number of nitrogens with zero attached hydrogens (tertiary/aromatic N) is 2. The molecule has 9 heteroatoms. The van der Waals surface area contributed by atoms with Crippen LogP contribution >= 0.6 is 23.5 Å². The van der Waals surface area contributed by atoms with Crippen molar-refractivity contribution >= 4 is 74.7 Å². The summed E-state index contributed by atoms with van der Waals surface area (Å²) in [6, 6.07) is 62.7. The molecule has 0 amide bonds. The van der Waals surface area contributed by atoms with Gasteiger partial charge >= 0.3 is 0 Å². The Hall–Kier alpha value is -6.94. The molecule has 0 radical (unpaired) electrons. The highest BCUT2D eigenvalue weighted by Crippen LogP contribution is 2.45. The van der Waals surface area contributed by atoms with Crippen LogP contribution in [0.2, 0.25) is 0 Å². The second kappa shape index (κ2) is 25.1. The molecular weight excluding hydrogens is 1030 g/mol. The van der Waals surface area contributed by atoms with Crippen molar-refractivity contribution in [3.05, 3.63) is 198 Å². The smallest absolute Gasteiger partial charge is 0.123 e. The monoisotopic (exact) mass is 1120 g/mol. The van der Waals surface area contributed by atoms with Crippen molar-refractivity contribution in [2.24, 2.45) is 5.92 Å². The Kier molecular flexibility index (Phi) is 18.6. The topological polar surface area (TPSA) is 83.0 Å². The molecule has 1 atom stereocenters. The zero-order chi connectivity index (χ0) is 58.4. The van der Waals surface area contributed by atoms with Crippen LogP contribution in [-0.2, 0) is 21.7 Å². The molecule has 0 saturated carbocycles. The Balaban J connectivity index is 0.950. The van der Waals surface area contributed by atoms with Gasteiger partial charge in [0, 0.05) is 89.3 Å². The van der Waals surface area contributed by atoms with E-state index in [2.05, 4.69) is 287 Å². The first kappa shape index (κ1) is 60.2. The summed E-state index contributed by atoms with van der Waals surface area (Å²) in [6.45, 7) is 33.0. The molecule has 424 valence electrons. The number of rotatable bonds is 19. The highest BCUT2D eigenvalue weighted by atomic mass is 32.2. The van der Waals surface area contributed by atoms with Gasteiger partial charge in [-0.15, -0.1) is 23.5 Å². The van der Waals surface area contributed by atoms with Crippen LogP contribution in [0, 0.1) is 5.92 Å². The van der Waals surface area contributed by atoms with E-state index in [1.807, 2.05) is 30.0 Å². The summed E-state index contributed by atoms with van der Waals surface area (Å²) in [7, 11) is 0. The van der Waals surface area contributed by atoms with Crippen LogP contribution in [0.15, 0.2) is 186 Å². The number of phenolic OH excluding ortho intramolecular Hbond substituents is 2. The summed E-state index contributed by atoms with van der Waals surface area (Å²) in [6.07, 6.45) is 1.08. The molecular formula is C72H87N5O2S2. The van der Waals surface area contributed by atoms with E-state index in [-0.39, 0.29) is 21.7 Å². The van der Waals surface area contributed by atoms with Crippen molar-refractivity contribution in [1.29, 1.82) is 0 Å². The second-order valence-corrected chi connectivity index (χ2v) is 28.2. The molecule has 0 aliphatic rings. The first-order valence-electron chi connectivity index (χ1n) is 28.6. The normalized spacial score (nSPS) is 12.5. The third kappa shape index (κ3) is 15.7. The average molecular weight is 1120 g/mol. The van der Waals surface area contributed by atoms with E-state index >= 15 is 0 Å². The molecule has 81 heavy (non-hydrogen) atoms. The quantitative estimate of drug-likeness (QED) is 0.0402. The molecule has 5 N–H and O–H groups in total. The van der Waals surface area contributed by atoms with Gasteiger partial charge in [0.15, 0.2) is 0 Å². The Bertz CT molecular complexity index is 3280. The number of anilines is 9. The van der Waals surface area contributed by atoms with Crippen LogP contribution in [0.1, 0.15) is 133 Å². The first-order valence-corrected chi connectivity index (χ1v) is 30.6. The van der Waals surface area contributed by atoms with Crippen molar-refractivity contribution in [3.63, 3.8) is 0 Å². The predicted molar refractivity (Wildman–Crippen MR) is 353 cm³/mol. The molecule has 0 aliphatic carbocycles. The SMILES string of the molecule is CC(C)CC(C)N(CSc1cc(C(C)(C)C)c(O)c(C(C)(C)C)c1)c1ccc(Nc2cccc(-c3ccc(Nc4ccc(N(CSc5cc(C(C)(C)C)c(O)c(C(C)(C)C)c5)c5ccc(Nc6ccccc6)cc5)cc4)cc3)c2)cc1. The maximum absolute atomic E-state index is 11.5. The van der Waals surface area contributed by atoms with E-state index in [0.717, 1.165) is 96.1 Å². The minimum absolute atomic E-state index is 0.179. The van der Waals surface area contributed by atoms with Gasteiger partial charge in [0.1, 0.15) is 11.5 Å². The van der Waals surface area contributed by atoms with Gasteiger partial charge in [-0.05, 0) is 186 Å². The van der Waals surface area contributed by atoms with E-state index in [1.54, 1.807) is 11.8 Å². The minimum atomic E-state index is -0.216. The minimum Gasteiger partial charge on any atom is -0.507 e. The summed E-state index contributed by atoms with van der Waals surface area (Å²) in [5.74, 6) is 2.85. The van der Waals surface area contributed by atoms with Crippen molar-refractivity contribution < 1.29 is 10.2 Å². The van der Waals surface area contributed by atoms with Crippen LogP contribution in [0.25, 0.3) is 11.1 Å². The summed E-state index contributed by atoms with van der Waals surface area (Å²) >= 11 is 3.62. The van der Waals surface area contributed by atoms with Crippen LogP contribution in [-0.4, -0.2) is 28.0 Å². The average Bonchev–Trinajstić information content (AvgIpc) is 3.58. The molecule has 0 saturated heterocycles. The maximum Gasteiger partial charge on any atom is 0.123 e. The van der Waals surface area contributed by atoms with Gasteiger partial charge in [-0.1, -0.05) is 139 Å². The fourth-order valence-electron chi connectivity index (χ4n) is 10.2. The van der Waals surface area contributed by atoms with E-state index in [4.69, 9.17) is 0 Å². The van der Waals surface area contributed by atoms with E-state index in [1.165, 1.54) is 10.6 Å². The Morgan fingerprint density at radius 3 is 1.15 bits per heavy atom. The largest absolute Gasteiger partial charge is 0.507 e. The Morgan fingerprint density at radius 2 is 0.741 bits per heavy atom. The van der Waals surface area contributed by atoms with Gasteiger partial charge < -0.3 is 36.0 Å². The number of aromatic hydroxyl groups is 2.